The Labute approximate surface area is 244 Å². The van der Waals surface area contributed by atoms with Crippen LogP contribution in [0.3, 0.4) is 0 Å². The molecule has 218 valence electrons. The Bertz CT molecular complexity index is 1640. The fourth-order valence-corrected chi connectivity index (χ4v) is 5.27. The van der Waals surface area contributed by atoms with Crippen LogP contribution in [0, 0.1) is 5.92 Å². The molecule has 0 aliphatic carbocycles. The molecule has 1 atom stereocenters. The quantitative estimate of drug-likeness (QED) is 0.168. The fourth-order valence-electron chi connectivity index (χ4n) is 5.27. The second kappa shape index (κ2) is 12.3. The van der Waals surface area contributed by atoms with Crippen molar-refractivity contribution >= 4 is 11.0 Å². The number of alkyl halides is 3. The standard InChI is InChI=1S/C35H35F3N2O2/c1-23(2)19-25-9-13-27(14-10-25)24(3)34-39-32-20-30(42-22-26-11-15-29(41-4)16-12-26)17-18-33(32)40(34)21-28-7-5-6-8-31(28)35(36,37)38/h5-18,20,23-24H,19,21-22H2,1-4H3. The smallest absolute Gasteiger partial charge is 0.416 e. The monoisotopic (exact) mass is 572 g/mol. The molecule has 0 bridgehead atoms. The van der Waals surface area contributed by atoms with E-state index in [1.807, 2.05) is 54.0 Å². The summed E-state index contributed by atoms with van der Waals surface area (Å²) >= 11 is 0. The maximum Gasteiger partial charge on any atom is 0.416 e. The molecule has 0 saturated carbocycles. The lowest BCUT2D eigenvalue weighted by Gasteiger charge is -2.18. The van der Waals surface area contributed by atoms with Crippen LogP contribution in [-0.4, -0.2) is 16.7 Å². The van der Waals surface area contributed by atoms with Crippen molar-refractivity contribution < 1.29 is 22.6 Å². The molecular formula is C35H35F3N2O2. The highest BCUT2D eigenvalue weighted by Gasteiger charge is 2.33. The number of rotatable bonds is 10. The number of nitrogens with zero attached hydrogens (tertiary/aromatic N) is 2. The summed E-state index contributed by atoms with van der Waals surface area (Å²) in [5.74, 6) is 2.51. The third-order valence-corrected chi connectivity index (χ3v) is 7.48. The van der Waals surface area contributed by atoms with E-state index in [1.165, 1.54) is 17.7 Å². The first-order chi connectivity index (χ1) is 20.1. The van der Waals surface area contributed by atoms with Crippen molar-refractivity contribution in [2.75, 3.05) is 7.11 Å². The van der Waals surface area contributed by atoms with Crippen LogP contribution in [0.4, 0.5) is 13.2 Å². The second-order valence-corrected chi connectivity index (χ2v) is 11.1. The highest BCUT2D eigenvalue weighted by atomic mass is 19.4. The average Bonchev–Trinajstić information content (AvgIpc) is 3.33. The average molecular weight is 573 g/mol. The van der Waals surface area contributed by atoms with Gasteiger partial charge in [0.15, 0.2) is 0 Å². The highest BCUT2D eigenvalue weighted by molar-refractivity contribution is 5.78. The van der Waals surface area contributed by atoms with E-state index in [0.29, 0.717) is 29.6 Å². The van der Waals surface area contributed by atoms with Crippen molar-refractivity contribution in [1.82, 2.24) is 9.55 Å². The summed E-state index contributed by atoms with van der Waals surface area (Å²) in [6.07, 6.45) is -3.46. The van der Waals surface area contributed by atoms with Gasteiger partial charge in [-0.25, -0.2) is 4.98 Å². The lowest BCUT2D eigenvalue weighted by Crippen LogP contribution is -2.14. The predicted octanol–water partition coefficient (Wildman–Crippen LogP) is 9.04. The van der Waals surface area contributed by atoms with Gasteiger partial charge in [-0.05, 0) is 64.9 Å². The lowest BCUT2D eigenvalue weighted by molar-refractivity contribution is -0.138. The SMILES string of the molecule is COc1ccc(COc2ccc3c(c2)nc(C(C)c2ccc(CC(C)C)cc2)n3Cc2ccccc2C(F)(F)F)cc1. The Morgan fingerprint density at radius 2 is 1.48 bits per heavy atom. The zero-order valence-electron chi connectivity index (χ0n) is 24.3. The third kappa shape index (κ3) is 6.62. The number of ether oxygens (including phenoxy) is 2. The molecule has 0 saturated heterocycles. The summed E-state index contributed by atoms with van der Waals surface area (Å²) in [4.78, 5) is 4.97. The van der Waals surface area contributed by atoms with E-state index in [0.717, 1.165) is 34.9 Å². The molecule has 0 spiro atoms. The van der Waals surface area contributed by atoms with Crippen molar-refractivity contribution in [2.45, 2.75) is 52.4 Å². The molecular weight excluding hydrogens is 537 g/mol. The molecule has 1 unspecified atom stereocenters. The molecule has 0 N–H and O–H groups in total. The van der Waals surface area contributed by atoms with Gasteiger partial charge in [0.1, 0.15) is 23.9 Å². The summed E-state index contributed by atoms with van der Waals surface area (Å²) in [6, 6.07) is 27.4. The fraction of sp³-hybridized carbons (Fsp3) is 0.286. The maximum absolute atomic E-state index is 13.9. The highest BCUT2D eigenvalue weighted by Crippen LogP contribution is 2.35. The van der Waals surface area contributed by atoms with Crippen molar-refractivity contribution in [2.24, 2.45) is 5.92 Å². The van der Waals surface area contributed by atoms with Crippen LogP contribution in [0.15, 0.2) is 91.0 Å². The molecule has 42 heavy (non-hydrogen) atoms. The van der Waals surface area contributed by atoms with Crippen LogP contribution in [-0.2, 0) is 25.7 Å². The molecule has 0 aliphatic heterocycles. The van der Waals surface area contributed by atoms with E-state index in [-0.39, 0.29) is 18.0 Å². The van der Waals surface area contributed by atoms with Gasteiger partial charge in [-0.2, -0.15) is 13.2 Å². The molecule has 0 fully saturated rings. The van der Waals surface area contributed by atoms with Crippen LogP contribution in [0.1, 0.15) is 60.3 Å². The van der Waals surface area contributed by atoms with Gasteiger partial charge in [-0.3, -0.25) is 0 Å². The molecule has 1 aromatic heterocycles. The van der Waals surface area contributed by atoms with Crippen molar-refractivity contribution in [3.63, 3.8) is 0 Å². The van der Waals surface area contributed by atoms with E-state index in [4.69, 9.17) is 14.5 Å². The molecule has 4 nitrogen and oxygen atoms in total. The summed E-state index contributed by atoms with van der Waals surface area (Å²) < 4.78 is 54.9. The van der Waals surface area contributed by atoms with Crippen molar-refractivity contribution in [3.05, 3.63) is 125 Å². The topological polar surface area (TPSA) is 36.3 Å². The van der Waals surface area contributed by atoms with Crippen LogP contribution < -0.4 is 9.47 Å². The Morgan fingerprint density at radius 3 is 2.14 bits per heavy atom. The summed E-state index contributed by atoms with van der Waals surface area (Å²) in [7, 11) is 1.62. The molecule has 0 amide bonds. The zero-order valence-corrected chi connectivity index (χ0v) is 24.3. The van der Waals surface area contributed by atoms with Crippen LogP contribution in [0.25, 0.3) is 11.0 Å². The maximum atomic E-state index is 13.9. The molecule has 0 radical (unpaired) electrons. The van der Waals surface area contributed by atoms with Gasteiger partial charge in [-0.1, -0.05) is 75.4 Å². The first kappa shape index (κ1) is 29.2. The van der Waals surface area contributed by atoms with E-state index in [2.05, 4.69) is 38.1 Å². The van der Waals surface area contributed by atoms with Crippen LogP contribution >= 0.6 is 0 Å². The lowest BCUT2D eigenvalue weighted by atomic mass is 9.96. The minimum atomic E-state index is -4.45. The molecule has 5 rings (SSSR count). The third-order valence-electron chi connectivity index (χ3n) is 7.48. The number of fused-ring (bicyclic) bond motifs is 1. The van der Waals surface area contributed by atoms with Crippen molar-refractivity contribution in [3.8, 4) is 11.5 Å². The molecule has 1 heterocycles. The van der Waals surface area contributed by atoms with Gasteiger partial charge >= 0.3 is 6.18 Å². The molecule has 5 aromatic rings. The van der Waals surface area contributed by atoms with Crippen molar-refractivity contribution in [1.29, 1.82) is 0 Å². The van der Waals surface area contributed by atoms with Gasteiger partial charge in [-0.15, -0.1) is 0 Å². The van der Waals surface area contributed by atoms with E-state index >= 15 is 0 Å². The summed E-state index contributed by atoms with van der Waals surface area (Å²) in [6.45, 7) is 6.83. The largest absolute Gasteiger partial charge is 0.497 e. The van der Waals surface area contributed by atoms with Crippen LogP contribution in [0.2, 0.25) is 0 Å². The number of halogens is 3. The number of hydrogen-bond donors (Lipinski definition) is 0. The Morgan fingerprint density at radius 1 is 0.810 bits per heavy atom. The van der Waals surface area contributed by atoms with Gasteiger partial charge in [0, 0.05) is 18.5 Å². The summed E-state index contributed by atoms with van der Waals surface area (Å²) in [5.41, 5.74) is 4.28. The number of aromatic nitrogens is 2. The van der Waals surface area contributed by atoms with Gasteiger partial charge in [0.05, 0.1) is 23.7 Å². The first-order valence-electron chi connectivity index (χ1n) is 14.1. The minimum absolute atomic E-state index is 0.0450. The minimum Gasteiger partial charge on any atom is -0.497 e. The molecule has 7 heteroatoms. The number of hydrogen-bond acceptors (Lipinski definition) is 3. The van der Waals surface area contributed by atoms with E-state index < -0.39 is 11.7 Å². The Hall–Kier alpha value is -4.26. The van der Waals surface area contributed by atoms with Gasteiger partial charge < -0.3 is 14.0 Å². The van der Waals surface area contributed by atoms with Gasteiger partial charge in [0.2, 0.25) is 0 Å². The van der Waals surface area contributed by atoms with Gasteiger partial charge in [0.25, 0.3) is 0 Å². The number of methoxy groups -OCH3 is 1. The van der Waals surface area contributed by atoms with E-state index in [9.17, 15) is 13.2 Å². The Kier molecular flexibility index (Phi) is 8.57. The number of imidazole rings is 1. The molecule has 0 aliphatic rings. The molecule has 4 aromatic carbocycles. The Balaban J connectivity index is 1.51. The van der Waals surface area contributed by atoms with E-state index in [1.54, 1.807) is 13.2 Å². The number of benzene rings is 4. The predicted molar refractivity (Wildman–Crippen MR) is 160 cm³/mol. The van der Waals surface area contributed by atoms with Crippen LogP contribution in [0.5, 0.6) is 11.5 Å². The normalized spacial score (nSPS) is 12.6. The first-order valence-corrected chi connectivity index (χ1v) is 14.1. The summed E-state index contributed by atoms with van der Waals surface area (Å²) in [5, 5.41) is 0. The second-order valence-electron chi connectivity index (χ2n) is 11.1. The zero-order chi connectivity index (χ0) is 29.9.